The number of rotatable bonds is 1. The van der Waals surface area contributed by atoms with Crippen LogP contribution in [0.2, 0.25) is 0 Å². The number of ether oxygens (including phenoxy) is 2. The van der Waals surface area contributed by atoms with E-state index in [4.69, 9.17) is 9.47 Å². The van der Waals surface area contributed by atoms with E-state index in [1.807, 2.05) is 20.8 Å². The summed E-state index contributed by atoms with van der Waals surface area (Å²) in [6, 6.07) is 0. The van der Waals surface area contributed by atoms with Crippen LogP contribution in [-0.4, -0.2) is 47.1 Å². The molecule has 1 fully saturated rings. The summed E-state index contributed by atoms with van der Waals surface area (Å²) in [4.78, 5) is 25.0. The van der Waals surface area contributed by atoms with Crippen LogP contribution in [0.1, 0.15) is 33.6 Å². The second-order valence-electron chi connectivity index (χ2n) is 5.42. The van der Waals surface area contributed by atoms with Crippen molar-refractivity contribution >= 4 is 28.0 Å². The summed E-state index contributed by atoms with van der Waals surface area (Å²) in [5, 5.41) is 0. The average molecular weight is 322 g/mol. The van der Waals surface area contributed by atoms with E-state index >= 15 is 0 Å². The summed E-state index contributed by atoms with van der Waals surface area (Å²) in [7, 11) is 1.37. The summed E-state index contributed by atoms with van der Waals surface area (Å²) in [6.45, 7) is 6.46. The van der Waals surface area contributed by atoms with Crippen molar-refractivity contribution in [2.24, 2.45) is 0 Å². The standard InChI is InChI=1S/C12H20BrNO4/c1-11(2,3)18-10(16)14-7-5-12(13,6-8-14)9(15)17-4/h5-8H2,1-4H3. The van der Waals surface area contributed by atoms with E-state index < -0.39 is 9.93 Å². The van der Waals surface area contributed by atoms with Gasteiger partial charge in [0.25, 0.3) is 0 Å². The molecule has 0 unspecified atom stereocenters. The number of carbonyl (C=O) groups is 2. The number of hydrogen-bond acceptors (Lipinski definition) is 4. The Hall–Kier alpha value is -0.780. The third-order valence-electron chi connectivity index (χ3n) is 2.76. The number of amides is 1. The molecule has 0 aliphatic carbocycles. The summed E-state index contributed by atoms with van der Waals surface area (Å²) >= 11 is 3.41. The number of halogens is 1. The van der Waals surface area contributed by atoms with E-state index in [1.54, 1.807) is 4.90 Å². The molecule has 0 aromatic heterocycles. The van der Waals surface area contributed by atoms with Crippen molar-refractivity contribution in [2.45, 2.75) is 43.5 Å². The fourth-order valence-electron chi connectivity index (χ4n) is 1.76. The Labute approximate surface area is 116 Å². The monoisotopic (exact) mass is 321 g/mol. The smallest absolute Gasteiger partial charge is 0.410 e. The minimum Gasteiger partial charge on any atom is -0.468 e. The predicted octanol–water partition coefficient (Wildman–Crippen LogP) is 2.32. The fourth-order valence-corrected chi connectivity index (χ4v) is 2.27. The van der Waals surface area contributed by atoms with Gasteiger partial charge in [0.2, 0.25) is 0 Å². The predicted molar refractivity (Wildman–Crippen MR) is 70.7 cm³/mol. The van der Waals surface area contributed by atoms with Gasteiger partial charge in [-0.05, 0) is 33.6 Å². The molecule has 104 valence electrons. The third-order valence-corrected chi connectivity index (χ3v) is 3.88. The highest BCUT2D eigenvalue weighted by atomic mass is 79.9. The van der Waals surface area contributed by atoms with Crippen LogP contribution in [0.15, 0.2) is 0 Å². The van der Waals surface area contributed by atoms with E-state index in [9.17, 15) is 9.59 Å². The minimum absolute atomic E-state index is 0.286. The number of nitrogens with zero attached hydrogens (tertiary/aromatic N) is 1. The van der Waals surface area contributed by atoms with Crippen molar-refractivity contribution in [3.05, 3.63) is 0 Å². The Morgan fingerprint density at radius 1 is 1.22 bits per heavy atom. The van der Waals surface area contributed by atoms with E-state index in [0.29, 0.717) is 25.9 Å². The molecule has 0 bridgehead atoms. The fraction of sp³-hybridized carbons (Fsp3) is 0.833. The number of methoxy groups -OCH3 is 1. The maximum Gasteiger partial charge on any atom is 0.410 e. The molecule has 5 nitrogen and oxygen atoms in total. The molecule has 1 amide bonds. The third kappa shape index (κ3) is 3.86. The van der Waals surface area contributed by atoms with Crippen molar-refractivity contribution in [3.8, 4) is 0 Å². The van der Waals surface area contributed by atoms with E-state index in [0.717, 1.165) is 0 Å². The molecule has 1 aliphatic rings. The second kappa shape index (κ2) is 5.47. The van der Waals surface area contributed by atoms with Crippen LogP contribution in [0, 0.1) is 0 Å². The van der Waals surface area contributed by atoms with Crippen LogP contribution in [0.3, 0.4) is 0 Å². The molecule has 0 aromatic carbocycles. The molecule has 0 N–H and O–H groups in total. The number of likely N-dealkylation sites (tertiary alicyclic amines) is 1. The highest BCUT2D eigenvalue weighted by Crippen LogP contribution is 2.33. The molecule has 0 saturated carbocycles. The van der Waals surface area contributed by atoms with Crippen molar-refractivity contribution in [2.75, 3.05) is 20.2 Å². The maximum atomic E-state index is 11.8. The van der Waals surface area contributed by atoms with Gasteiger partial charge in [-0.25, -0.2) is 4.79 Å². The van der Waals surface area contributed by atoms with Gasteiger partial charge in [0.15, 0.2) is 0 Å². The number of hydrogen-bond donors (Lipinski definition) is 0. The van der Waals surface area contributed by atoms with Crippen molar-refractivity contribution in [1.29, 1.82) is 0 Å². The van der Waals surface area contributed by atoms with Gasteiger partial charge in [0.1, 0.15) is 9.93 Å². The lowest BCUT2D eigenvalue weighted by Crippen LogP contribution is -2.49. The van der Waals surface area contributed by atoms with Crippen LogP contribution in [-0.2, 0) is 14.3 Å². The Bertz CT molecular complexity index is 329. The first-order valence-electron chi connectivity index (χ1n) is 5.93. The van der Waals surface area contributed by atoms with Gasteiger partial charge in [-0.1, -0.05) is 15.9 Å². The second-order valence-corrected chi connectivity index (χ2v) is 6.94. The largest absolute Gasteiger partial charge is 0.468 e. The van der Waals surface area contributed by atoms with Gasteiger partial charge in [0, 0.05) is 13.1 Å². The van der Waals surface area contributed by atoms with E-state index in [-0.39, 0.29) is 12.1 Å². The number of esters is 1. The topological polar surface area (TPSA) is 55.8 Å². The van der Waals surface area contributed by atoms with Gasteiger partial charge in [-0.15, -0.1) is 0 Å². The normalized spacial score (nSPS) is 19.3. The van der Waals surface area contributed by atoms with Gasteiger partial charge in [0.05, 0.1) is 7.11 Å². The van der Waals surface area contributed by atoms with Gasteiger partial charge >= 0.3 is 12.1 Å². The molecule has 0 aromatic rings. The summed E-state index contributed by atoms with van der Waals surface area (Å²) in [6.07, 6.45) is 0.722. The Balaban J connectivity index is 2.54. The SMILES string of the molecule is COC(=O)C1(Br)CCN(C(=O)OC(C)(C)C)CC1. The average Bonchev–Trinajstić information content (AvgIpc) is 2.26. The van der Waals surface area contributed by atoms with Crippen LogP contribution < -0.4 is 0 Å². The first kappa shape index (κ1) is 15.3. The Morgan fingerprint density at radius 3 is 2.11 bits per heavy atom. The molecule has 0 atom stereocenters. The molecule has 0 radical (unpaired) electrons. The van der Waals surface area contributed by atoms with Crippen LogP contribution in [0.25, 0.3) is 0 Å². The Morgan fingerprint density at radius 2 is 1.72 bits per heavy atom. The van der Waals surface area contributed by atoms with Crippen LogP contribution in [0.5, 0.6) is 0 Å². The minimum atomic E-state index is -0.666. The molecule has 6 heteroatoms. The summed E-state index contributed by atoms with van der Waals surface area (Å²) in [5.74, 6) is -0.286. The number of carbonyl (C=O) groups excluding carboxylic acids is 2. The zero-order valence-corrected chi connectivity index (χ0v) is 12.9. The quantitative estimate of drug-likeness (QED) is 0.549. The molecule has 1 aliphatic heterocycles. The van der Waals surface area contributed by atoms with E-state index in [1.165, 1.54) is 7.11 Å². The number of alkyl halides is 1. The van der Waals surface area contributed by atoms with Crippen LogP contribution >= 0.6 is 15.9 Å². The molecular formula is C12H20BrNO4. The highest BCUT2D eigenvalue weighted by molar-refractivity contribution is 9.10. The van der Waals surface area contributed by atoms with Crippen molar-refractivity contribution in [3.63, 3.8) is 0 Å². The lowest BCUT2D eigenvalue weighted by atomic mass is 9.97. The molecule has 18 heavy (non-hydrogen) atoms. The van der Waals surface area contributed by atoms with Crippen LogP contribution in [0.4, 0.5) is 4.79 Å². The number of piperidine rings is 1. The Kier molecular flexibility index (Phi) is 4.64. The highest BCUT2D eigenvalue weighted by Gasteiger charge is 2.41. The molecular weight excluding hydrogens is 302 g/mol. The molecule has 1 rings (SSSR count). The van der Waals surface area contributed by atoms with E-state index in [2.05, 4.69) is 15.9 Å². The molecule has 1 heterocycles. The molecule has 0 spiro atoms. The van der Waals surface area contributed by atoms with Gasteiger partial charge in [-0.2, -0.15) is 0 Å². The summed E-state index contributed by atoms with van der Waals surface area (Å²) < 4.78 is 9.37. The zero-order chi connectivity index (χ0) is 14.0. The van der Waals surface area contributed by atoms with Gasteiger partial charge in [-0.3, -0.25) is 4.79 Å². The first-order chi connectivity index (χ1) is 8.18. The summed E-state index contributed by atoms with van der Waals surface area (Å²) in [5.41, 5.74) is -0.498. The zero-order valence-electron chi connectivity index (χ0n) is 11.3. The molecule has 1 saturated heterocycles. The van der Waals surface area contributed by atoms with Crippen molar-refractivity contribution in [1.82, 2.24) is 4.90 Å². The first-order valence-corrected chi connectivity index (χ1v) is 6.72. The lowest BCUT2D eigenvalue weighted by Gasteiger charge is -2.36. The maximum absolute atomic E-state index is 11.8. The van der Waals surface area contributed by atoms with Gasteiger partial charge < -0.3 is 14.4 Å². The van der Waals surface area contributed by atoms with Crippen molar-refractivity contribution < 1.29 is 19.1 Å². The lowest BCUT2D eigenvalue weighted by molar-refractivity contribution is -0.144.